The van der Waals surface area contributed by atoms with Gasteiger partial charge in [0, 0.05) is 30.6 Å². The van der Waals surface area contributed by atoms with Gasteiger partial charge in [-0.25, -0.2) is 9.97 Å². The molecule has 5 rings (SSSR count). The standard InChI is InChI=1S/C26H25ClN4O/c27-25-9-6-22(15-29-25)30-26-24-8-7-23(14-21(24)10-12-28-26)32-18-20-11-13-31(17-20)16-19-4-2-1-3-5-19/h1-10,12,14-15,20H,11,13,16-18H2,(H,28,30)/t20-/m0/s1. The predicted molar refractivity (Wildman–Crippen MR) is 130 cm³/mol. The van der Waals surface area contributed by atoms with E-state index in [0.717, 1.165) is 54.3 Å². The second-order valence-corrected chi connectivity index (χ2v) is 8.61. The number of likely N-dealkylation sites (tertiary alicyclic amines) is 1. The zero-order chi connectivity index (χ0) is 21.8. The van der Waals surface area contributed by atoms with E-state index in [1.807, 2.05) is 18.2 Å². The van der Waals surface area contributed by atoms with Crippen LogP contribution in [0.3, 0.4) is 0 Å². The Bertz CT molecular complexity index is 1180. The highest BCUT2D eigenvalue weighted by Crippen LogP contribution is 2.28. The van der Waals surface area contributed by atoms with Crippen molar-refractivity contribution in [3.63, 3.8) is 0 Å². The molecule has 1 aliphatic rings. The molecule has 0 bridgehead atoms. The summed E-state index contributed by atoms with van der Waals surface area (Å²) in [5.41, 5.74) is 2.21. The van der Waals surface area contributed by atoms with Crippen molar-refractivity contribution in [2.24, 2.45) is 5.92 Å². The minimum absolute atomic E-state index is 0.466. The second-order valence-electron chi connectivity index (χ2n) is 8.22. The van der Waals surface area contributed by atoms with Crippen molar-refractivity contribution in [2.75, 3.05) is 25.0 Å². The Kier molecular flexibility index (Phi) is 6.19. The van der Waals surface area contributed by atoms with Crippen molar-refractivity contribution in [1.29, 1.82) is 0 Å². The number of halogens is 1. The van der Waals surface area contributed by atoms with Crippen LogP contribution in [0.4, 0.5) is 11.5 Å². The maximum atomic E-state index is 6.18. The third-order valence-corrected chi connectivity index (χ3v) is 6.05. The molecule has 1 saturated heterocycles. The molecule has 6 heteroatoms. The number of hydrogen-bond donors (Lipinski definition) is 1. The molecule has 1 fully saturated rings. The van der Waals surface area contributed by atoms with Gasteiger partial charge in [0.05, 0.1) is 18.5 Å². The largest absolute Gasteiger partial charge is 0.493 e. The molecular weight excluding hydrogens is 420 g/mol. The molecule has 4 aromatic rings. The minimum atomic E-state index is 0.466. The van der Waals surface area contributed by atoms with Crippen molar-refractivity contribution in [3.8, 4) is 5.75 Å². The summed E-state index contributed by atoms with van der Waals surface area (Å²) in [6.07, 6.45) is 4.67. The van der Waals surface area contributed by atoms with Gasteiger partial charge in [0.25, 0.3) is 0 Å². The van der Waals surface area contributed by atoms with E-state index in [2.05, 4.69) is 62.6 Å². The molecule has 2 aromatic heterocycles. The lowest BCUT2D eigenvalue weighted by Crippen LogP contribution is -2.22. The van der Waals surface area contributed by atoms with Crippen LogP contribution in [-0.4, -0.2) is 34.6 Å². The first-order chi connectivity index (χ1) is 15.7. The summed E-state index contributed by atoms with van der Waals surface area (Å²) in [7, 11) is 0. The second kappa shape index (κ2) is 9.55. The highest BCUT2D eigenvalue weighted by atomic mass is 35.5. The number of pyridine rings is 2. The van der Waals surface area contributed by atoms with Crippen LogP contribution in [0, 0.1) is 5.92 Å². The van der Waals surface area contributed by atoms with Gasteiger partial charge in [-0.3, -0.25) is 4.90 Å². The maximum Gasteiger partial charge on any atom is 0.138 e. The topological polar surface area (TPSA) is 50.3 Å². The lowest BCUT2D eigenvalue weighted by atomic mass is 10.1. The Hall–Kier alpha value is -3.15. The number of hydrogen-bond acceptors (Lipinski definition) is 5. The molecule has 0 unspecified atom stereocenters. The van der Waals surface area contributed by atoms with Gasteiger partial charge in [0.2, 0.25) is 0 Å². The van der Waals surface area contributed by atoms with Gasteiger partial charge < -0.3 is 10.1 Å². The average Bonchev–Trinajstić information content (AvgIpc) is 3.27. The highest BCUT2D eigenvalue weighted by Gasteiger charge is 2.23. The number of nitrogens with one attached hydrogen (secondary N) is 1. The summed E-state index contributed by atoms with van der Waals surface area (Å²) in [5.74, 6) is 2.23. The van der Waals surface area contributed by atoms with Crippen LogP contribution in [0.1, 0.15) is 12.0 Å². The number of benzene rings is 2. The summed E-state index contributed by atoms with van der Waals surface area (Å²) in [6.45, 7) is 3.96. The van der Waals surface area contributed by atoms with E-state index in [0.29, 0.717) is 11.1 Å². The van der Waals surface area contributed by atoms with Crippen LogP contribution >= 0.6 is 11.6 Å². The maximum absolute atomic E-state index is 6.18. The molecular formula is C26H25ClN4O. The number of ether oxygens (including phenoxy) is 1. The van der Waals surface area contributed by atoms with Crippen LogP contribution in [0.5, 0.6) is 5.75 Å². The summed E-state index contributed by atoms with van der Waals surface area (Å²) in [6, 6.07) is 22.5. The third kappa shape index (κ3) is 5.01. The summed E-state index contributed by atoms with van der Waals surface area (Å²) < 4.78 is 6.18. The van der Waals surface area contributed by atoms with Crippen molar-refractivity contribution in [2.45, 2.75) is 13.0 Å². The zero-order valence-electron chi connectivity index (χ0n) is 17.7. The molecule has 32 heavy (non-hydrogen) atoms. The molecule has 0 aliphatic carbocycles. The quantitative estimate of drug-likeness (QED) is 0.358. The Labute approximate surface area is 193 Å². The summed E-state index contributed by atoms with van der Waals surface area (Å²) in [5, 5.41) is 5.90. The lowest BCUT2D eigenvalue weighted by molar-refractivity contribution is 0.239. The summed E-state index contributed by atoms with van der Waals surface area (Å²) in [4.78, 5) is 11.1. The number of anilines is 2. The van der Waals surface area contributed by atoms with E-state index < -0.39 is 0 Å². The van der Waals surface area contributed by atoms with Crippen LogP contribution < -0.4 is 10.1 Å². The molecule has 5 nitrogen and oxygen atoms in total. The Morgan fingerprint density at radius 1 is 1.03 bits per heavy atom. The molecule has 0 spiro atoms. The molecule has 3 heterocycles. The van der Waals surface area contributed by atoms with E-state index in [1.54, 1.807) is 18.5 Å². The number of rotatable bonds is 7. The fraction of sp³-hybridized carbons (Fsp3) is 0.231. The monoisotopic (exact) mass is 444 g/mol. The SMILES string of the molecule is Clc1ccc(Nc2nccc3cc(OC[C@H]4CCN(Cc5ccccc5)C4)ccc23)cn1. The number of fused-ring (bicyclic) bond motifs is 1. The Morgan fingerprint density at radius 3 is 2.78 bits per heavy atom. The van der Waals surface area contributed by atoms with Gasteiger partial charge in [0.15, 0.2) is 0 Å². The minimum Gasteiger partial charge on any atom is -0.493 e. The van der Waals surface area contributed by atoms with Crippen molar-refractivity contribution in [1.82, 2.24) is 14.9 Å². The first-order valence-corrected chi connectivity index (χ1v) is 11.3. The Morgan fingerprint density at radius 2 is 1.94 bits per heavy atom. The first-order valence-electron chi connectivity index (χ1n) is 10.9. The average molecular weight is 445 g/mol. The van der Waals surface area contributed by atoms with Gasteiger partial charge in [-0.2, -0.15) is 0 Å². The fourth-order valence-corrected chi connectivity index (χ4v) is 4.29. The van der Waals surface area contributed by atoms with E-state index in [4.69, 9.17) is 16.3 Å². The molecule has 0 amide bonds. The van der Waals surface area contributed by atoms with E-state index in [-0.39, 0.29) is 0 Å². The predicted octanol–water partition coefficient (Wildman–Crippen LogP) is 5.93. The smallest absolute Gasteiger partial charge is 0.138 e. The number of aromatic nitrogens is 2. The highest BCUT2D eigenvalue weighted by molar-refractivity contribution is 6.29. The van der Waals surface area contributed by atoms with Crippen LogP contribution in [0.25, 0.3) is 10.8 Å². The molecule has 2 aromatic carbocycles. The van der Waals surface area contributed by atoms with Crippen molar-refractivity contribution in [3.05, 3.63) is 89.8 Å². The van der Waals surface area contributed by atoms with Crippen LogP contribution in [-0.2, 0) is 6.54 Å². The van der Waals surface area contributed by atoms with Crippen LogP contribution in [0.15, 0.2) is 79.1 Å². The fourth-order valence-electron chi connectivity index (χ4n) is 4.18. The van der Waals surface area contributed by atoms with Gasteiger partial charge in [-0.15, -0.1) is 0 Å². The molecule has 162 valence electrons. The molecule has 0 saturated carbocycles. The van der Waals surface area contributed by atoms with Crippen LogP contribution in [0.2, 0.25) is 5.15 Å². The van der Waals surface area contributed by atoms with Gasteiger partial charge in [0.1, 0.15) is 16.7 Å². The molecule has 1 N–H and O–H groups in total. The lowest BCUT2D eigenvalue weighted by Gasteiger charge is -2.16. The van der Waals surface area contributed by atoms with Gasteiger partial charge in [-0.1, -0.05) is 41.9 Å². The van der Waals surface area contributed by atoms with E-state index >= 15 is 0 Å². The van der Waals surface area contributed by atoms with E-state index in [1.165, 1.54) is 12.0 Å². The van der Waals surface area contributed by atoms with E-state index in [9.17, 15) is 0 Å². The number of nitrogens with zero attached hydrogens (tertiary/aromatic N) is 3. The van der Waals surface area contributed by atoms with Crippen molar-refractivity contribution < 1.29 is 4.74 Å². The molecule has 1 aliphatic heterocycles. The molecule has 1 atom stereocenters. The van der Waals surface area contributed by atoms with Crippen molar-refractivity contribution >= 4 is 33.9 Å². The summed E-state index contributed by atoms with van der Waals surface area (Å²) >= 11 is 5.88. The molecule has 0 radical (unpaired) electrons. The normalized spacial score (nSPS) is 16.3. The van der Waals surface area contributed by atoms with Gasteiger partial charge >= 0.3 is 0 Å². The Balaban J connectivity index is 1.20. The third-order valence-electron chi connectivity index (χ3n) is 5.83. The zero-order valence-corrected chi connectivity index (χ0v) is 18.5. The first kappa shape index (κ1) is 20.7. The van der Waals surface area contributed by atoms with Gasteiger partial charge in [-0.05, 0) is 60.3 Å².